The Morgan fingerprint density at radius 1 is 1.24 bits per heavy atom. The Labute approximate surface area is 126 Å². The molecule has 1 amide bonds. The number of piperidine rings is 1. The predicted octanol–water partition coefficient (Wildman–Crippen LogP) is 2.30. The van der Waals surface area contributed by atoms with Crippen LogP contribution in [0.1, 0.15) is 24.8 Å². The summed E-state index contributed by atoms with van der Waals surface area (Å²) in [6.07, 6.45) is 4.14. The van der Waals surface area contributed by atoms with E-state index in [1.165, 1.54) is 5.56 Å². The molecule has 3 rings (SSSR count). The number of fused-ring (bicyclic) bond motifs is 1. The van der Waals surface area contributed by atoms with Gasteiger partial charge in [-0.25, -0.2) is 0 Å². The fourth-order valence-corrected chi connectivity index (χ4v) is 3.51. The van der Waals surface area contributed by atoms with Gasteiger partial charge in [-0.05, 0) is 56.3 Å². The number of nitrogens with zero attached hydrogens (tertiary/aromatic N) is 1. The van der Waals surface area contributed by atoms with E-state index in [1.54, 1.807) is 7.11 Å². The number of amides is 1. The van der Waals surface area contributed by atoms with Gasteiger partial charge in [0.1, 0.15) is 0 Å². The topological polar surface area (TPSA) is 41.6 Å². The van der Waals surface area contributed by atoms with Crippen LogP contribution in [0.5, 0.6) is 0 Å². The lowest BCUT2D eigenvalue weighted by Gasteiger charge is -2.36. The lowest BCUT2D eigenvalue weighted by Crippen LogP contribution is -2.47. The minimum absolute atomic E-state index is 0.0147. The highest BCUT2D eigenvalue weighted by Crippen LogP contribution is 2.26. The monoisotopic (exact) mass is 288 g/mol. The van der Waals surface area contributed by atoms with Crippen molar-refractivity contribution >= 4 is 11.6 Å². The van der Waals surface area contributed by atoms with Crippen molar-refractivity contribution < 1.29 is 9.53 Å². The van der Waals surface area contributed by atoms with Crippen molar-refractivity contribution in [3.05, 3.63) is 29.8 Å². The van der Waals surface area contributed by atoms with E-state index in [0.29, 0.717) is 5.92 Å². The van der Waals surface area contributed by atoms with Crippen molar-refractivity contribution in [2.45, 2.75) is 31.7 Å². The molecule has 1 saturated heterocycles. The zero-order chi connectivity index (χ0) is 14.7. The van der Waals surface area contributed by atoms with E-state index >= 15 is 0 Å². The molecule has 1 N–H and O–H groups in total. The molecule has 21 heavy (non-hydrogen) atoms. The summed E-state index contributed by atoms with van der Waals surface area (Å²) in [5, 5.41) is 3.10. The summed E-state index contributed by atoms with van der Waals surface area (Å²) in [6, 6.07) is 8.15. The predicted molar refractivity (Wildman–Crippen MR) is 83.4 cm³/mol. The van der Waals surface area contributed by atoms with E-state index in [1.807, 2.05) is 18.2 Å². The first-order valence-electron chi connectivity index (χ1n) is 7.89. The number of anilines is 1. The number of para-hydroxylation sites is 1. The van der Waals surface area contributed by atoms with Crippen molar-refractivity contribution in [1.82, 2.24) is 4.90 Å². The van der Waals surface area contributed by atoms with Crippen molar-refractivity contribution in [2.24, 2.45) is 5.92 Å². The number of methoxy groups -OCH3 is 1. The molecule has 0 radical (unpaired) electrons. The van der Waals surface area contributed by atoms with E-state index in [0.717, 1.165) is 51.1 Å². The van der Waals surface area contributed by atoms with Crippen LogP contribution < -0.4 is 5.32 Å². The van der Waals surface area contributed by atoms with Gasteiger partial charge >= 0.3 is 0 Å². The van der Waals surface area contributed by atoms with Crippen LogP contribution >= 0.6 is 0 Å². The molecule has 1 fully saturated rings. The van der Waals surface area contributed by atoms with Gasteiger partial charge in [-0.15, -0.1) is 0 Å². The van der Waals surface area contributed by atoms with Crippen molar-refractivity contribution in [1.29, 1.82) is 0 Å². The first-order chi connectivity index (χ1) is 10.3. The van der Waals surface area contributed by atoms with Crippen LogP contribution in [0.3, 0.4) is 0 Å². The highest BCUT2D eigenvalue weighted by Gasteiger charge is 2.31. The molecule has 1 aromatic rings. The van der Waals surface area contributed by atoms with Crippen LogP contribution in [0.4, 0.5) is 5.69 Å². The fraction of sp³-hybridized carbons (Fsp3) is 0.588. The van der Waals surface area contributed by atoms with Gasteiger partial charge in [0, 0.05) is 19.4 Å². The number of aryl methyl sites for hydroxylation is 1. The number of nitrogens with one attached hydrogen (secondary N) is 1. The van der Waals surface area contributed by atoms with Crippen LogP contribution in [0.2, 0.25) is 0 Å². The van der Waals surface area contributed by atoms with E-state index in [9.17, 15) is 4.79 Å². The lowest BCUT2D eigenvalue weighted by molar-refractivity contribution is -0.122. The number of likely N-dealkylation sites (tertiary alicyclic amines) is 1. The maximum Gasteiger partial charge on any atom is 0.241 e. The van der Waals surface area contributed by atoms with Gasteiger partial charge in [0.25, 0.3) is 0 Å². The SMILES string of the molecule is COCC1CCN([C@@H]2CCc3ccccc3NC2=O)CC1. The third-order valence-corrected chi connectivity index (χ3v) is 4.76. The summed E-state index contributed by atoms with van der Waals surface area (Å²) in [6.45, 7) is 2.85. The highest BCUT2D eigenvalue weighted by atomic mass is 16.5. The van der Waals surface area contributed by atoms with Crippen molar-refractivity contribution in [3.8, 4) is 0 Å². The molecule has 1 atom stereocenters. The smallest absolute Gasteiger partial charge is 0.241 e. The Kier molecular flexibility index (Phi) is 4.56. The zero-order valence-corrected chi connectivity index (χ0v) is 12.7. The Morgan fingerprint density at radius 2 is 2.00 bits per heavy atom. The highest BCUT2D eigenvalue weighted by molar-refractivity contribution is 5.96. The van der Waals surface area contributed by atoms with E-state index in [4.69, 9.17) is 4.74 Å². The summed E-state index contributed by atoms with van der Waals surface area (Å²) in [4.78, 5) is 14.9. The van der Waals surface area contributed by atoms with Crippen LogP contribution in [-0.2, 0) is 16.0 Å². The summed E-state index contributed by atoms with van der Waals surface area (Å²) in [5.74, 6) is 0.808. The van der Waals surface area contributed by atoms with Crippen molar-refractivity contribution in [3.63, 3.8) is 0 Å². The largest absolute Gasteiger partial charge is 0.384 e. The van der Waals surface area contributed by atoms with Gasteiger partial charge in [-0.3, -0.25) is 9.69 Å². The maximum atomic E-state index is 12.5. The third kappa shape index (κ3) is 3.27. The van der Waals surface area contributed by atoms with Crippen LogP contribution in [0, 0.1) is 5.92 Å². The van der Waals surface area contributed by atoms with Gasteiger partial charge in [0.05, 0.1) is 6.04 Å². The van der Waals surface area contributed by atoms with Gasteiger partial charge in [0.2, 0.25) is 5.91 Å². The molecule has 2 aliphatic rings. The van der Waals surface area contributed by atoms with Gasteiger partial charge in [0.15, 0.2) is 0 Å². The molecule has 0 unspecified atom stereocenters. The first-order valence-corrected chi connectivity index (χ1v) is 7.89. The number of benzene rings is 1. The molecule has 4 nitrogen and oxygen atoms in total. The summed E-state index contributed by atoms with van der Waals surface area (Å²) in [7, 11) is 1.77. The van der Waals surface area contributed by atoms with E-state index < -0.39 is 0 Å². The number of carbonyl (C=O) groups is 1. The molecule has 0 saturated carbocycles. The average molecular weight is 288 g/mol. The number of ether oxygens (including phenoxy) is 1. The van der Waals surface area contributed by atoms with Crippen LogP contribution in [0.25, 0.3) is 0 Å². The maximum absolute atomic E-state index is 12.5. The van der Waals surface area contributed by atoms with Crippen LogP contribution in [0.15, 0.2) is 24.3 Å². The molecular formula is C17H24N2O2. The molecule has 2 aliphatic heterocycles. The van der Waals surface area contributed by atoms with Gasteiger partial charge in [-0.2, -0.15) is 0 Å². The van der Waals surface area contributed by atoms with E-state index in [2.05, 4.69) is 16.3 Å². The molecule has 0 spiro atoms. The van der Waals surface area contributed by atoms with Crippen molar-refractivity contribution in [2.75, 3.05) is 32.1 Å². The fourth-order valence-electron chi connectivity index (χ4n) is 3.51. The number of rotatable bonds is 3. The minimum atomic E-state index is 0.0147. The normalized spacial score (nSPS) is 24.2. The molecule has 4 heteroatoms. The molecule has 1 aromatic carbocycles. The van der Waals surface area contributed by atoms with Gasteiger partial charge in [-0.1, -0.05) is 18.2 Å². The number of hydrogen-bond acceptors (Lipinski definition) is 3. The summed E-state index contributed by atoms with van der Waals surface area (Å²) < 4.78 is 5.25. The van der Waals surface area contributed by atoms with Crippen LogP contribution in [-0.4, -0.2) is 43.7 Å². The summed E-state index contributed by atoms with van der Waals surface area (Å²) >= 11 is 0. The second-order valence-corrected chi connectivity index (χ2v) is 6.14. The molecule has 0 aliphatic carbocycles. The van der Waals surface area contributed by atoms with E-state index in [-0.39, 0.29) is 11.9 Å². The zero-order valence-electron chi connectivity index (χ0n) is 12.7. The first kappa shape index (κ1) is 14.5. The standard InChI is InChI=1S/C17H24N2O2/c1-21-12-13-8-10-19(11-9-13)16-7-6-14-4-2-3-5-15(14)18-17(16)20/h2-5,13,16H,6-12H2,1H3,(H,18,20)/t16-/m1/s1. The summed E-state index contributed by atoms with van der Waals surface area (Å²) in [5.41, 5.74) is 2.24. The quantitative estimate of drug-likeness (QED) is 0.928. The second-order valence-electron chi connectivity index (χ2n) is 6.14. The Hall–Kier alpha value is -1.39. The molecule has 0 bridgehead atoms. The molecular weight excluding hydrogens is 264 g/mol. The lowest BCUT2D eigenvalue weighted by atomic mass is 9.95. The van der Waals surface area contributed by atoms with Gasteiger partial charge < -0.3 is 10.1 Å². The Morgan fingerprint density at radius 3 is 2.76 bits per heavy atom. The third-order valence-electron chi connectivity index (χ3n) is 4.76. The molecule has 0 aromatic heterocycles. The Balaban J connectivity index is 1.64. The number of carbonyl (C=O) groups excluding carboxylic acids is 1. The number of hydrogen-bond donors (Lipinski definition) is 1. The minimum Gasteiger partial charge on any atom is -0.384 e. The molecule has 2 heterocycles. The Bertz CT molecular complexity index is 495. The average Bonchev–Trinajstić information content (AvgIpc) is 2.67. The second kappa shape index (κ2) is 6.58. The molecule has 114 valence electrons.